The van der Waals surface area contributed by atoms with Gasteiger partial charge in [-0.05, 0) is 22.9 Å². The molecule has 1 heterocycles. The molecule has 0 unspecified atom stereocenters. The lowest BCUT2D eigenvalue weighted by Gasteiger charge is -2.07. The van der Waals surface area contributed by atoms with Crippen LogP contribution in [0.4, 0.5) is 0 Å². The molecule has 0 saturated carbocycles. The molecule has 0 aliphatic rings. The van der Waals surface area contributed by atoms with Gasteiger partial charge in [0, 0.05) is 10.8 Å². The van der Waals surface area contributed by atoms with Crippen LogP contribution in [-0.4, -0.2) is 20.4 Å². The van der Waals surface area contributed by atoms with E-state index in [1.54, 1.807) is 6.07 Å². The summed E-state index contributed by atoms with van der Waals surface area (Å²) in [6, 6.07) is 11.3. The normalized spacial score (nSPS) is 11.6. The second-order valence-electron chi connectivity index (χ2n) is 4.77. The number of rotatable bonds is 0. The Morgan fingerprint density at radius 2 is 1.50 bits per heavy atom. The molecular formula is C15H10N2O3. The molecule has 0 aliphatic carbocycles. The fourth-order valence-electron chi connectivity index (χ4n) is 2.68. The summed E-state index contributed by atoms with van der Waals surface area (Å²) < 4.78 is 0. The van der Waals surface area contributed by atoms with Gasteiger partial charge in [-0.3, -0.25) is 15.0 Å². The Kier molecular flexibility index (Phi) is 1.93. The fourth-order valence-corrected chi connectivity index (χ4v) is 2.68. The van der Waals surface area contributed by atoms with Gasteiger partial charge in [0.05, 0.1) is 5.39 Å². The van der Waals surface area contributed by atoms with E-state index in [4.69, 9.17) is 0 Å². The van der Waals surface area contributed by atoms with Crippen molar-refractivity contribution in [2.24, 2.45) is 0 Å². The number of fused-ring (bicyclic) bond motifs is 4. The molecule has 4 N–H and O–H groups in total. The molecule has 0 saturated heterocycles. The molecule has 3 aromatic carbocycles. The van der Waals surface area contributed by atoms with Crippen molar-refractivity contribution >= 4 is 32.4 Å². The maximum atomic E-state index is 11.9. The lowest BCUT2D eigenvalue weighted by Crippen LogP contribution is -1.98. The summed E-state index contributed by atoms with van der Waals surface area (Å²) in [4.78, 5) is 11.9. The minimum absolute atomic E-state index is 0.218. The number of hydrogen-bond donors (Lipinski definition) is 4. The Bertz CT molecular complexity index is 1040. The Hall–Kier alpha value is -2.95. The molecule has 0 radical (unpaired) electrons. The lowest BCUT2D eigenvalue weighted by molar-refractivity contribution is 0.412. The van der Waals surface area contributed by atoms with Crippen LogP contribution in [0.5, 0.6) is 11.5 Å². The average Bonchev–Trinajstić information content (AvgIpc) is 2.85. The second-order valence-corrected chi connectivity index (χ2v) is 4.77. The van der Waals surface area contributed by atoms with Crippen LogP contribution in [0.25, 0.3) is 32.4 Å². The summed E-state index contributed by atoms with van der Waals surface area (Å²) in [5, 5.41) is 28.5. The van der Waals surface area contributed by atoms with E-state index in [0.717, 1.165) is 10.8 Å². The Morgan fingerprint density at radius 1 is 0.850 bits per heavy atom. The zero-order valence-corrected chi connectivity index (χ0v) is 10.3. The van der Waals surface area contributed by atoms with Crippen LogP contribution in [-0.2, 0) is 0 Å². The van der Waals surface area contributed by atoms with Crippen LogP contribution in [0.2, 0.25) is 0 Å². The maximum Gasteiger partial charge on any atom is 0.272 e. The topological polar surface area (TPSA) is 89.1 Å². The fraction of sp³-hybridized carbons (Fsp3) is 0. The molecule has 0 atom stereocenters. The third-order valence-electron chi connectivity index (χ3n) is 3.65. The standard InChI is InChI=1S/C15H10N2O3/c18-13-10-6-8-4-2-1-3-7(8)5-9(10)11-12(14(13)19)16-17-15(11)20/h1-6,18-19H,(H2,16,17,20). The predicted octanol–water partition coefficient (Wildman–Crippen LogP) is 2.57. The van der Waals surface area contributed by atoms with E-state index in [-0.39, 0.29) is 22.6 Å². The Balaban J connectivity index is 2.39. The summed E-state index contributed by atoms with van der Waals surface area (Å²) in [5.74, 6) is -0.547. The van der Waals surface area contributed by atoms with Gasteiger partial charge >= 0.3 is 0 Å². The summed E-state index contributed by atoms with van der Waals surface area (Å²) >= 11 is 0. The number of benzene rings is 3. The van der Waals surface area contributed by atoms with Crippen LogP contribution in [0.15, 0.2) is 41.2 Å². The highest BCUT2D eigenvalue weighted by molar-refractivity contribution is 6.15. The van der Waals surface area contributed by atoms with Gasteiger partial charge < -0.3 is 10.2 Å². The van der Waals surface area contributed by atoms with Crippen molar-refractivity contribution in [1.29, 1.82) is 0 Å². The Labute approximate surface area is 112 Å². The van der Waals surface area contributed by atoms with E-state index in [9.17, 15) is 15.0 Å². The highest BCUT2D eigenvalue weighted by Crippen LogP contribution is 2.41. The second kappa shape index (κ2) is 3.54. The van der Waals surface area contributed by atoms with Gasteiger partial charge in [-0.2, -0.15) is 0 Å². The van der Waals surface area contributed by atoms with Crippen molar-refractivity contribution in [2.75, 3.05) is 0 Å². The highest BCUT2D eigenvalue weighted by atomic mass is 16.3. The van der Waals surface area contributed by atoms with Crippen molar-refractivity contribution in [3.8, 4) is 11.5 Å². The van der Waals surface area contributed by atoms with E-state index >= 15 is 0 Å². The SMILES string of the molecule is O=c1[nH][nH]c2c(O)c(O)c3cc4ccccc4cc3c12. The molecule has 98 valence electrons. The molecule has 5 heteroatoms. The van der Waals surface area contributed by atoms with Crippen molar-refractivity contribution in [3.63, 3.8) is 0 Å². The lowest BCUT2D eigenvalue weighted by atomic mass is 10.00. The average molecular weight is 266 g/mol. The zero-order valence-electron chi connectivity index (χ0n) is 10.3. The zero-order chi connectivity index (χ0) is 13.9. The summed E-state index contributed by atoms with van der Waals surface area (Å²) in [6.45, 7) is 0. The number of nitrogens with one attached hydrogen (secondary N) is 2. The van der Waals surface area contributed by atoms with Crippen LogP contribution < -0.4 is 5.56 Å². The number of phenols is 2. The highest BCUT2D eigenvalue weighted by Gasteiger charge is 2.17. The van der Waals surface area contributed by atoms with Crippen LogP contribution in [0.1, 0.15) is 0 Å². The van der Waals surface area contributed by atoms with E-state index in [2.05, 4.69) is 10.2 Å². The first kappa shape index (κ1) is 10.9. The van der Waals surface area contributed by atoms with Gasteiger partial charge in [0.1, 0.15) is 5.52 Å². The summed E-state index contributed by atoms with van der Waals surface area (Å²) in [6.07, 6.45) is 0. The van der Waals surface area contributed by atoms with Crippen LogP contribution >= 0.6 is 0 Å². The maximum absolute atomic E-state index is 11.9. The first-order valence-electron chi connectivity index (χ1n) is 6.13. The minimum atomic E-state index is -0.324. The van der Waals surface area contributed by atoms with E-state index in [1.807, 2.05) is 30.3 Å². The van der Waals surface area contributed by atoms with Gasteiger partial charge in [-0.15, -0.1) is 0 Å². The largest absolute Gasteiger partial charge is 0.504 e. The molecule has 4 aromatic rings. The monoisotopic (exact) mass is 266 g/mol. The molecule has 5 nitrogen and oxygen atoms in total. The molecule has 0 spiro atoms. The number of hydrogen-bond acceptors (Lipinski definition) is 3. The summed E-state index contributed by atoms with van der Waals surface area (Å²) in [5.41, 5.74) is -0.106. The number of H-pyrrole nitrogens is 2. The molecule has 0 aliphatic heterocycles. The molecular weight excluding hydrogens is 256 g/mol. The van der Waals surface area contributed by atoms with Gasteiger partial charge in [0.2, 0.25) is 0 Å². The smallest absolute Gasteiger partial charge is 0.272 e. The molecule has 0 bridgehead atoms. The van der Waals surface area contributed by atoms with Crippen LogP contribution in [0.3, 0.4) is 0 Å². The molecule has 20 heavy (non-hydrogen) atoms. The number of aromatic nitrogens is 2. The van der Waals surface area contributed by atoms with Gasteiger partial charge in [-0.25, -0.2) is 0 Å². The first-order valence-corrected chi connectivity index (χ1v) is 6.13. The van der Waals surface area contributed by atoms with E-state index in [0.29, 0.717) is 16.2 Å². The van der Waals surface area contributed by atoms with Gasteiger partial charge in [-0.1, -0.05) is 24.3 Å². The third-order valence-corrected chi connectivity index (χ3v) is 3.65. The van der Waals surface area contributed by atoms with E-state index in [1.165, 1.54) is 0 Å². The summed E-state index contributed by atoms with van der Waals surface area (Å²) in [7, 11) is 0. The quantitative estimate of drug-likeness (QED) is 0.291. The van der Waals surface area contributed by atoms with Gasteiger partial charge in [0.25, 0.3) is 5.56 Å². The van der Waals surface area contributed by atoms with Crippen LogP contribution in [0, 0.1) is 0 Å². The first-order chi connectivity index (χ1) is 9.66. The predicted molar refractivity (Wildman–Crippen MR) is 77.3 cm³/mol. The minimum Gasteiger partial charge on any atom is -0.504 e. The number of aromatic hydroxyl groups is 2. The van der Waals surface area contributed by atoms with Crippen molar-refractivity contribution in [1.82, 2.24) is 10.2 Å². The van der Waals surface area contributed by atoms with Crippen molar-refractivity contribution in [3.05, 3.63) is 46.8 Å². The molecule has 1 aromatic heterocycles. The van der Waals surface area contributed by atoms with Crippen molar-refractivity contribution < 1.29 is 10.2 Å². The van der Waals surface area contributed by atoms with Crippen molar-refractivity contribution in [2.45, 2.75) is 0 Å². The number of phenolic OH excluding ortho intramolecular Hbond substituents is 2. The number of aromatic amines is 2. The van der Waals surface area contributed by atoms with E-state index < -0.39 is 0 Å². The Morgan fingerprint density at radius 3 is 2.20 bits per heavy atom. The third kappa shape index (κ3) is 1.23. The molecule has 4 rings (SSSR count). The molecule has 0 amide bonds. The van der Waals surface area contributed by atoms with Gasteiger partial charge in [0.15, 0.2) is 11.5 Å². The molecule has 0 fully saturated rings.